The average molecular weight is 236 g/mol. The molecule has 0 aromatic carbocycles. The molecule has 0 spiro atoms. The number of alkyl carbamates (subject to hydrolysis) is 1. The highest BCUT2D eigenvalue weighted by atomic mass is 16.5. The van der Waals surface area contributed by atoms with Gasteiger partial charge in [-0.2, -0.15) is 0 Å². The van der Waals surface area contributed by atoms with Crippen molar-refractivity contribution < 1.29 is 9.53 Å². The summed E-state index contributed by atoms with van der Waals surface area (Å²) in [6.45, 7) is 1.47. The predicted molar refractivity (Wildman–Crippen MR) is 65.1 cm³/mol. The second kappa shape index (κ2) is 5.92. The van der Waals surface area contributed by atoms with Gasteiger partial charge in [0.05, 0.1) is 6.61 Å². The van der Waals surface area contributed by atoms with Gasteiger partial charge in [-0.1, -0.05) is 0 Å². The average Bonchev–Trinajstić information content (AvgIpc) is 2.94. The third-order valence-electron chi connectivity index (χ3n) is 3.66. The minimum atomic E-state index is -0.342. The molecule has 1 amide bonds. The van der Waals surface area contributed by atoms with E-state index in [0.717, 1.165) is 37.5 Å². The lowest BCUT2D eigenvalue weighted by molar-refractivity contribution is 0.138. The molecule has 1 unspecified atom stereocenters. The zero-order valence-electron chi connectivity index (χ0n) is 10.1. The molecular formula is C13H20N2O2. The fourth-order valence-corrected chi connectivity index (χ4v) is 2.68. The molecule has 2 aliphatic carbocycles. The van der Waals surface area contributed by atoms with Crippen molar-refractivity contribution in [2.24, 2.45) is 23.5 Å². The Kier molecular flexibility index (Phi) is 4.27. The Morgan fingerprint density at radius 1 is 1.29 bits per heavy atom. The second-order valence-corrected chi connectivity index (χ2v) is 4.74. The van der Waals surface area contributed by atoms with Crippen LogP contribution in [-0.4, -0.2) is 25.8 Å². The van der Waals surface area contributed by atoms with Crippen molar-refractivity contribution >= 4 is 6.09 Å². The fourth-order valence-electron chi connectivity index (χ4n) is 2.68. The van der Waals surface area contributed by atoms with Crippen LogP contribution in [0.2, 0.25) is 0 Å². The van der Waals surface area contributed by atoms with Gasteiger partial charge in [0.2, 0.25) is 0 Å². The number of nitrogens with one attached hydrogen (secondary N) is 1. The summed E-state index contributed by atoms with van der Waals surface area (Å²) in [7, 11) is 0. The second-order valence-electron chi connectivity index (χ2n) is 4.74. The number of fused-ring (bicyclic) bond motifs is 1. The Morgan fingerprint density at radius 2 is 1.94 bits per heavy atom. The van der Waals surface area contributed by atoms with Crippen molar-refractivity contribution in [3.05, 3.63) is 0 Å². The van der Waals surface area contributed by atoms with E-state index in [1.54, 1.807) is 0 Å². The van der Waals surface area contributed by atoms with Gasteiger partial charge in [-0.25, -0.2) is 4.79 Å². The minimum Gasteiger partial charge on any atom is -0.449 e. The number of hydrogen-bond acceptors (Lipinski definition) is 3. The third kappa shape index (κ3) is 3.37. The number of amides is 1. The van der Waals surface area contributed by atoms with Gasteiger partial charge in [0.15, 0.2) is 0 Å². The molecule has 17 heavy (non-hydrogen) atoms. The molecule has 94 valence electrons. The van der Waals surface area contributed by atoms with Gasteiger partial charge in [-0.05, 0) is 30.6 Å². The smallest absolute Gasteiger partial charge is 0.407 e. The van der Waals surface area contributed by atoms with Gasteiger partial charge in [0.25, 0.3) is 0 Å². The summed E-state index contributed by atoms with van der Waals surface area (Å²) in [5, 5.41) is 2.61. The van der Waals surface area contributed by atoms with E-state index in [0.29, 0.717) is 25.6 Å². The first kappa shape index (κ1) is 12.3. The van der Waals surface area contributed by atoms with Gasteiger partial charge < -0.3 is 15.8 Å². The molecule has 0 heterocycles. The van der Waals surface area contributed by atoms with Gasteiger partial charge in [0.1, 0.15) is 0 Å². The summed E-state index contributed by atoms with van der Waals surface area (Å²) in [5.74, 6) is 8.36. The molecule has 0 aromatic heterocycles. The number of nitrogens with two attached hydrogens (primary N) is 1. The summed E-state index contributed by atoms with van der Waals surface area (Å²) >= 11 is 0. The molecule has 1 fully saturated rings. The standard InChI is InChI=1S/C13H20N2O2/c14-7-8-15-13(16)17-9-12-10-5-3-1-2-4-6-11(10)12/h10-12H,3-9,14H2,(H,15,16)/t10-,11+,12?. The van der Waals surface area contributed by atoms with Crippen molar-refractivity contribution in [3.8, 4) is 11.8 Å². The summed E-state index contributed by atoms with van der Waals surface area (Å²) in [5.41, 5.74) is 5.29. The monoisotopic (exact) mass is 236 g/mol. The quantitative estimate of drug-likeness (QED) is 0.719. The van der Waals surface area contributed by atoms with Crippen molar-refractivity contribution in [1.82, 2.24) is 5.32 Å². The summed E-state index contributed by atoms with van der Waals surface area (Å²) in [6.07, 6.45) is 3.98. The predicted octanol–water partition coefficient (Wildman–Crippen LogP) is 1.11. The molecule has 0 bridgehead atoms. The molecule has 3 atom stereocenters. The summed E-state index contributed by atoms with van der Waals surface area (Å²) in [4.78, 5) is 11.3. The molecule has 0 radical (unpaired) electrons. The number of hydrogen-bond donors (Lipinski definition) is 2. The van der Waals surface area contributed by atoms with Crippen molar-refractivity contribution in [2.75, 3.05) is 19.7 Å². The van der Waals surface area contributed by atoms with Crippen LogP contribution >= 0.6 is 0 Å². The molecule has 0 aromatic rings. The molecule has 2 aliphatic rings. The molecule has 1 saturated carbocycles. The van der Waals surface area contributed by atoms with E-state index in [1.807, 2.05) is 0 Å². The van der Waals surface area contributed by atoms with Crippen LogP contribution < -0.4 is 11.1 Å². The zero-order chi connectivity index (χ0) is 12.1. The highest BCUT2D eigenvalue weighted by molar-refractivity contribution is 5.67. The van der Waals surface area contributed by atoms with Gasteiger partial charge in [-0.3, -0.25) is 0 Å². The maximum absolute atomic E-state index is 11.3. The highest BCUT2D eigenvalue weighted by Gasteiger charge is 2.49. The van der Waals surface area contributed by atoms with Crippen molar-refractivity contribution in [1.29, 1.82) is 0 Å². The van der Waals surface area contributed by atoms with Gasteiger partial charge >= 0.3 is 6.09 Å². The summed E-state index contributed by atoms with van der Waals surface area (Å²) in [6, 6.07) is 0. The van der Waals surface area contributed by atoms with Crippen LogP contribution in [0.1, 0.15) is 25.7 Å². The molecule has 0 saturated heterocycles. The van der Waals surface area contributed by atoms with E-state index in [9.17, 15) is 4.79 Å². The Morgan fingerprint density at radius 3 is 2.53 bits per heavy atom. The number of rotatable bonds is 4. The van der Waals surface area contributed by atoms with Crippen LogP contribution in [0.3, 0.4) is 0 Å². The van der Waals surface area contributed by atoms with Gasteiger partial charge in [0, 0.05) is 25.9 Å². The Labute approximate surface area is 102 Å². The van der Waals surface area contributed by atoms with Crippen LogP contribution in [-0.2, 0) is 4.74 Å². The maximum Gasteiger partial charge on any atom is 0.407 e. The minimum absolute atomic E-state index is 0.342. The van der Waals surface area contributed by atoms with E-state index in [2.05, 4.69) is 17.2 Å². The first-order valence-corrected chi connectivity index (χ1v) is 6.39. The number of ether oxygens (including phenoxy) is 1. The topological polar surface area (TPSA) is 64.3 Å². The van der Waals surface area contributed by atoms with Crippen molar-refractivity contribution in [3.63, 3.8) is 0 Å². The van der Waals surface area contributed by atoms with Crippen LogP contribution in [0.4, 0.5) is 4.79 Å². The molecule has 2 rings (SSSR count). The normalized spacial score (nSPS) is 30.1. The van der Waals surface area contributed by atoms with Crippen LogP contribution in [0, 0.1) is 29.6 Å². The number of carbonyl (C=O) groups excluding carboxylic acids is 1. The SMILES string of the molecule is NCCNC(=O)OCC1[C@H]2CCC#CCC[C@@H]12. The summed E-state index contributed by atoms with van der Waals surface area (Å²) < 4.78 is 5.20. The molecular weight excluding hydrogens is 216 g/mol. The van der Waals surface area contributed by atoms with Gasteiger partial charge in [-0.15, -0.1) is 11.8 Å². The Hall–Kier alpha value is -1.21. The number of carbonyl (C=O) groups is 1. The highest BCUT2D eigenvalue weighted by Crippen LogP contribution is 2.52. The van der Waals surface area contributed by atoms with E-state index in [-0.39, 0.29) is 6.09 Å². The fraction of sp³-hybridized carbons (Fsp3) is 0.769. The van der Waals surface area contributed by atoms with E-state index in [4.69, 9.17) is 10.5 Å². The lowest BCUT2D eigenvalue weighted by atomic mass is 10.1. The Bertz CT molecular complexity index is 314. The van der Waals surface area contributed by atoms with Crippen molar-refractivity contribution in [2.45, 2.75) is 25.7 Å². The molecule has 0 aliphatic heterocycles. The van der Waals surface area contributed by atoms with Crippen LogP contribution in [0.25, 0.3) is 0 Å². The van der Waals surface area contributed by atoms with E-state index < -0.39 is 0 Å². The van der Waals surface area contributed by atoms with E-state index in [1.165, 1.54) is 0 Å². The molecule has 3 N–H and O–H groups in total. The van der Waals surface area contributed by atoms with Crippen LogP contribution in [0.15, 0.2) is 0 Å². The lowest BCUT2D eigenvalue weighted by Gasteiger charge is -2.05. The Balaban J connectivity index is 1.66. The first-order chi connectivity index (χ1) is 8.33. The van der Waals surface area contributed by atoms with E-state index >= 15 is 0 Å². The molecule has 4 nitrogen and oxygen atoms in total. The maximum atomic E-state index is 11.3. The third-order valence-corrected chi connectivity index (χ3v) is 3.66. The zero-order valence-corrected chi connectivity index (χ0v) is 10.1. The van der Waals surface area contributed by atoms with Crippen LogP contribution in [0.5, 0.6) is 0 Å². The first-order valence-electron chi connectivity index (χ1n) is 6.39. The molecule has 4 heteroatoms. The lowest BCUT2D eigenvalue weighted by Crippen LogP contribution is -2.30. The largest absolute Gasteiger partial charge is 0.449 e.